The minimum atomic E-state index is -0.784. The Labute approximate surface area is 194 Å². The van der Waals surface area contributed by atoms with Crippen LogP contribution >= 0.6 is 11.3 Å². The standard InChI is InChI=1S/C27H32O4S/c1-19-17-25(29)24(12-4-2-3-5-14-27(30)31)23(19)16-15-21(28)10-8-11-22-18-20-9-6-7-13-26(20)32-22/h2,4,6-7,9,13,15-16,18,21,23-24,28H,1,3,5,8,10-12,14,17H2,(H,30,31)/t21?,23-,24+/m0/s1. The van der Waals surface area contributed by atoms with Crippen molar-refractivity contribution in [2.24, 2.45) is 11.8 Å². The minimum absolute atomic E-state index is 0.0385. The van der Waals surface area contributed by atoms with Gasteiger partial charge in [0.05, 0.1) is 6.10 Å². The zero-order chi connectivity index (χ0) is 22.9. The molecule has 0 aliphatic heterocycles. The Morgan fingerprint density at radius 2 is 2.06 bits per heavy atom. The molecule has 0 saturated heterocycles. The maximum Gasteiger partial charge on any atom is 0.303 e. The molecule has 1 unspecified atom stereocenters. The Morgan fingerprint density at radius 3 is 2.84 bits per heavy atom. The van der Waals surface area contributed by atoms with Crippen molar-refractivity contribution in [1.82, 2.24) is 0 Å². The van der Waals surface area contributed by atoms with Gasteiger partial charge in [0.15, 0.2) is 0 Å². The summed E-state index contributed by atoms with van der Waals surface area (Å²) in [6.45, 7) is 4.07. The van der Waals surface area contributed by atoms with Gasteiger partial charge in [0.25, 0.3) is 0 Å². The van der Waals surface area contributed by atoms with E-state index < -0.39 is 12.1 Å². The van der Waals surface area contributed by atoms with Crippen LogP contribution in [0.3, 0.4) is 0 Å². The fourth-order valence-corrected chi connectivity index (χ4v) is 5.33. The molecule has 1 aliphatic rings. The first-order chi connectivity index (χ1) is 15.4. The highest BCUT2D eigenvalue weighted by Crippen LogP contribution is 2.36. The van der Waals surface area contributed by atoms with Gasteiger partial charge in [0, 0.05) is 34.3 Å². The average Bonchev–Trinajstić information content (AvgIpc) is 3.28. The molecule has 2 N–H and O–H groups in total. The van der Waals surface area contributed by atoms with Gasteiger partial charge in [0.1, 0.15) is 5.78 Å². The molecule has 5 heteroatoms. The number of aliphatic hydroxyl groups excluding tert-OH is 1. The van der Waals surface area contributed by atoms with Crippen LogP contribution in [0.1, 0.15) is 49.8 Å². The summed E-state index contributed by atoms with van der Waals surface area (Å²) < 4.78 is 1.30. The fraction of sp³-hybridized carbons (Fsp3) is 0.407. The summed E-state index contributed by atoms with van der Waals surface area (Å²) in [5, 5.41) is 20.4. The third kappa shape index (κ3) is 7.01. The smallest absolute Gasteiger partial charge is 0.303 e. The van der Waals surface area contributed by atoms with Crippen LogP contribution in [0, 0.1) is 11.8 Å². The van der Waals surface area contributed by atoms with Crippen LogP contribution in [0.2, 0.25) is 0 Å². The van der Waals surface area contributed by atoms with Gasteiger partial charge in [-0.05, 0) is 56.0 Å². The van der Waals surface area contributed by atoms with Gasteiger partial charge < -0.3 is 10.2 Å². The van der Waals surface area contributed by atoms with Gasteiger partial charge in [-0.15, -0.1) is 11.3 Å². The highest BCUT2D eigenvalue weighted by atomic mass is 32.1. The van der Waals surface area contributed by atoms with Crippen molar-refractivity contribution < 1.29 is 19.8 Å². The molecule has 1 heterocycles. The molecule has 1 aromatic carbocycles. The molecule has 0 radical (unpaired) electrons. The zero-order valence-corrected chi connectivity index (χ0v) is 19.2. The molecule has 1 aliphatic carbocycles. The van der Waals surface area contributed by atoms with E-state index >= 15 is 0 Å². The topological polar surface area (TPSA) is 74.6 Å². The van der Waals surface area contributed by atoms with Crippen LogP contribution < -0.4 is 0 Å². The molecule has 0 amide bonds. The summed E-state index contributed by atoms with van der Waals surface area (Å²) in [7, 11) is 0. The highest BCUT2D eigenvalue weighted by molar-refractivity contribution is 7.19. The van der Waals surface area contributed by atoms with Crippen LogP contribution in [0.5, 0.6) is 0 Å². The molecular formula is C27H32O4S. The molecular weight excluding hydrogens is 420 g/mol. The first-order valence-corrected chi connectivity index (χ1v) is 12.2. The molecule has 170 valence electrons. The number of Topliss-reactive ketones (excluding diaryl/α,β-unsaturated/α-hetero) is 1. The normalized spacial score (nSPS) is 20.2. The van der Waals surface area contributed by atoms with E-state index in [0.29, 0.717) is 32.1 Å². The number of aliphatic carboxylic acids is 1. The molecule has 0 bridgehead atoms. The lowest BCUT2D eigenvalue weighted by Gasteiger charge is -2.14. The van der Waals surface area contributed by atoms with Crippen molar-refractivity contribution >= 4 is 33.2 Å². The number of carbonyl (C=O) groups excluding carboxylic acids is 1. The lowest BCUT2D eigenvalue weighted by molar-refractivity contribution is -0.137. The number of carboxylic acid groups (broad SMARTS) is 1. The first kappa shape index (κ1) is 24.1. The number of benzene rings is 1. The molecule has 32 heavy (non-hydrogen) atoms. The second-order valence-electron chi connectivity index (χ2n) is 8.52. The Bertz CT molecular complexity index is 967. The summed E-state index contributed by atoms with van der Waals surface area (Å²) >= 11 is 1.81. The van der Waals surface area contributed by atoms with Gasteiger partial charge in [-0.2, -0.15) is 0 Å². The monoisotopic (exact) mass is 452 g/mol. The van der Waals surface area contributed by atoms with Crippen molar-refractivity contribution in [2.75, 3.05) is 0 Å². The fourth-order valence-electron chi connectivity index (χ4n) is 4.23. The Balaban J connectivity index is 1.45. The molecule has 0 spiro atoms. The van der Waals surface area contributed by atoms with E-state index in [1.54, 1.807) is 0 Å². The summed E-state index contributed by atoms with van der Waals surface area (Å²) in [6.07, 6.45) is 12.2. The van der Waals surface area contributed by atoms with E-state index in [9.17, 15) is 14.7 Å². The van der Waals surface area contributed by atoms with Crippen LogP contribution in [-0.4, -0.2) is 28.1 Å². The summed E-state index contributed by atoms with van der Waals surface area (Å²) in [5.74, 6) is -0.768. The Kier molecular flexibility index (Phi) is 9.00. The number of aliphatic hydroxyl groups is 1. The number of aryl methyl sites for hydroxylation is 1. The van der Waals surface area contributed by atoms with Crippen LogP contribution in [0.4, 0.5) is 0 Å². The van der Waals surface area contributed by atoms with Crippen molar-refractivity contribution in [3.8, 4) is 0 Å². The number of rotatable bonds is 12. The number of ketones is 1. The zero-order valence-electron chi connectivity index (χ0n) is 18.4. The average molecular weight is 453 g/mol. The van der Waals surface area contributed by atoms with E-state index in [4.69, 9.17) is 5.11 Å². The number of allylic oxidation sites excluding steroid dienone is 4. The Hall–Kier alpha value is -2.50. The van der Waals surface area contributed by atoms with Crippen molar-refractivity contribution in [2.45, 2.75) is 57.5 Å². The highest BCUT2D eigenvalue weighted by Gasteiger charge is 2.34. The first-order valence-electron chi connectivity index (χ1n) is 11.3. The van der Waals surface area contributed by atoms with Crippen molar-refractivity contribution in [1.29, 1.82) is 0 Å². The predicted molar refractivity (Wildman–Crippen MR) is 131 cm³/mol. The van der Waals surface area contributed by atoms with E-state index in [1.807, 2.05) is 35.6 Å². The van der Waals surface area contributed by atoms with Crippen molar-refractivity contribution in [3.63, 3.8) is 0 Å². The maximum absolute atomic E-state index is 12.4. The number of hydrogen-bond acceptors (Lipinski definition) is 4. The van der Waals surface area contributed by atoms with Crippen LogP contribution in [0.15, 0.2) is 66.8 Å². The SMILES string of the molecule is C=C1CC(=O)[C@H](CC=CCCCC(=O)O)[C@H]1C=CC(O)CCCc1cc2ccccc2s1. The second kappa shape index (κ2) is 11.9. The number of carboxylic acids is 1. The largest absolute Gasteiger partial charge is 0.481 e. The number of unbranched alkanes of at least 4 members (excludes halogenated alkanes) is 1. The van der Waals surface area contributed by atoms with E-state index in [-0.39, 0.29) is 24.0 Å². The van der Waals surface area contributed by atoms with Gasteiger partial charge in [-0.3, -0.25) is 9.59 Å². The summed E-state index contributed by atoms with van der Waals surface area (Å²) in [4.78, 5) is 24.3. The van der Waals surface area contributed by atoms with Gasteiger partial charge in [0.2, 0.25) is 0 Å². The van der Waals surface area contributed by atoms with Crippen LogP contribution in [0.25, 0.3) is 10.1 Å². The van der Waals surface area contributed by atoms with E-state index in [2.05, 4.69) is 36.9 Å². The Morgan fingerprint density at radius 1 is 1.25 bits per heavy atom. The number of fused-ring (bicyclic) bond motifs is 1. The van der Waals surface area contributed by atoms with Gasteiger partial charge in [-0.25, -0.2) is 0 Å². The molecule has 1 saturated carbocycles. The third-order valence-corrected chi connectivity index (χ3v) is 7.15. The quantitative estimate of drug-likeness (QED) is 0.301. The predicted octanol–water partition coefficient (Wildman–Crippen LogP) is 6.10. The van der Waals surface area contributed by atoms with Crippen molar-refractivity contribution in [3.05, 3.63) is 71.7 Å². The summed E-state index contributed by atoms with van der Waals surface area (Å²) in [6, 6.07) is 10.6. The third-order valence-electron chi connectivity index (χ3n) is 5.98. The van der Waals surface area contributed by atoms with E-state index in [1.165, 1.54) is 15.0 Å². The lowest BCUT2D eigenvalue weighted by atomic mass is 9.89. The van der Waals surface area contributed by atoms with Crippen LogP contribution in [-0.2, 0) is 16.0 Å². The minimum Gasteiger partial charge on any atom is -0.481 e. The summed E-state index contributed by atoms with van der Waals surface area (Å²) in [5.41, 5.74) is 0.910. The second-order valence-corrected chi connectivity index (χ2v) is 9.69. The number of thiophene rings is 1. The van der Waals surface area contributed by atoms with Gasteiger partial charge in [-0.1, -0.05) is 54.7 Å². The van der Waals surface area contributed by atoms with E-state index in [0.717, 1.165) is 18.4 Å². The molecule has 3 rings (SSSR count). The number of carbonyl (C=O) groups is 2. The molecule has 3 atom stereocenters. The molecule has 2 aromatic rings. The lowest BCUT2D eigenvalue weighted by Crippen LogP contribution is -2.13. The molecule has 1 fully saturated rings. The molecule has 4 nitrogen and oxygen atoms in total. The molecule has 1 aromatic heterocycles. The number of hydrogen-bond donors (Lipinski definition) is 2. The van der Waals surface area contributed by atoms with Gasteiger partial charge >= 0.3 is 5.97 Å². The maximum atomic E-state index is 12.4.